The van der Waals surface area contributed by atoms with Gasteiger partial charge in [-0.2, -0.15) is 0 Å². The molecule has 3 rings (SSSR count). The highest BCUT2D eigenvalue weighted by atomic mass is 32.2. The third-order valence-electron chi connectivity index (χ3n) is 4.08. The summed E-state index contributed by atoms with van der Waals surface area (Å²) in [4.78, 5) is 16.4. The number of benzene rings is 2. The van der Waals surface area contributed by atoms with Gasteiger partial charge in [0, 0.05) is 6.54 Å². The van der Waals surface area contributed by atoms with Crippen molar-refractivity contribution in [3.63, 3.8) is 0 Å². The van der Waals surface area contributed by atoms with E-state index in [1.165, 1.54) is 18.4 Å². The number of primary sulfonamides is 1. The summed E-state index contributed by atoms with van der Waals surface area (Å²) in [7, 11) is -3.74. The fourth-order valence-corrected chi connectivity index (χ4v) is 3.10. The van der Waals surface area contributed by atoms with Gasteiger partial charge < -0.3 is 15.5 Å². The summed E-state index contributed by atoms with van der Waals surface area (Å²) in [5.41, 5.74) is 7.99. The quantitative estimate of drug-likeness (QED) is 0.549. The zero-order valence-electron chi connectivity index (χ0n) is 14.9. The Hall–Kier alpha value is -3.01. The van der Waals surface area contributed by atoms with E-state index in [0.717, 1.165) is 5.56 Å². The first-order valence-corrected chi connectivity index (χ1v) is 10.0. The van der Waals surface area contributed by atoms with Gasteiger partial charge in [-0.3, -0.25) is 4.79 Å². The Labute approximate surface area is 162 Å². The second kappa shape index (κ2) is 8.34. The van der Waals surface area contributed by atoms with Gasteiger partial charge in [-0.05, 0) is 29.7 Å². The number of nitrogens with two attached hydrogens (primary N) is 2. The van der Waals surface area contributed by atoms with E-state index in [0.29, 0.717) is 12.0 Å². The maximum atomic E-state index is 12.2. The fourth-order valence-electron chi connectivity index (χ4n) is 2.59. The normalized spacial score (nSPS) is 12.5. The summed E-state index contributed by atoms with van der Waals surface area (Å²) < 4.78 is 27.8. The number of amides is 1. The van der Waals surface area contributed by atoms with Crippen LogP contribution in [0.2, 0.25) is 0 Å². The van der Waals surface area contributed by atoms with Crippen LogP contribution in [0, 0.1) is 0 Å². The molecular formula is C19H20N4O4S. The number of nitrogens with zero attached hydrogens (tertiary/aromatic N) is 1. The highest BCUT2D eigenvalue weighted by molar-refractivity contribution is 7.89. The van der Waals surface area contributed by atoms with Gasteiger partial charge in [0.2, 0.25) is 15.9 Å². The minimum absolute atomic E-state index is 0.0103. The van der Waals surface area contributed by atoms with Crippen LogP contribution in [0.25, 0.3) is 0 Å². The molecule has 0 fully saturated rings. The summed E-state index contributed by atoms with van der Waals surface area (Å²) in [6, 6.07) is 15.1. The lowest BCUT2D eigenvalue weighted by molar-refractivity contribution is 0.0946. The Morgan fingerprint density at radius 1 is 1.07 bits per heavy atom. The van der Waals surface area contributed by atoms with Crippen molar-refractivity contribution in [1.29, 1.82) is 0 Å². The van der Waals surface area contributed by atoms with Crippen LogP contribution in [-0.4, -0.2) is 19.3 Å². The maximum absolute atomic E-state index is 12.2. The van der Waals surface area contributed by atoms with Gasteiger partial charge in [-0.25, -0.2) is 18.5 Å². The summed E-state index contributed by atoms with van der Waals surface area (Å²) in [5, 5.41) is 7.75. The molecule has 2 aromatic carbocycles. The molecule has 0 saturated heterocycles. The van der Waals surface area contributed by atoms with Gasteiger partial charge in [0.25, 0.3) is 5.91 Å². The third kappa shape index (κ3) is 5.03. The molecular weight excluding hydrogens is 380 g/mol. The SMILES string of the molecule is NC(Cc1ccccc1)c1nc(C(=O)NCc2ccc(S(N)(=O)=O)cc2)co1. The molecule has 0 spiro atoms. The maximum Gasteiger partial charge on any atom is 0.273 e. The number of sulfonamides is 1. The molecule has 0 saturated carbocycles. The molecule has 146 valence electrons. The number of rotatable bonds is 7. The van der Waals surface area contributed by atoms with Crippen molar-refractivity contribution in [3.05, 3.63) is 83.6 Å². The fraction of sp³-hybridized carbons (Fsp3) is 0.158. The van der Waals surface area contributed by atoms with Crippen molar-refractivity contribution < 1.29 is 17.6 Å². The zero-order chi connectivity index (χ0) is 20.1. The van der Waals surface area contributed by atoms with E-state index in [2.05, 4.69) is 10.3 Å². The standard InChI is InChI=1S/C19H20N4O4S/c20-16(10-13-4-2-1-3-5-13)19-23-17(12-27-19)18(24)22-11-14-6-8-15(9-7-14)28(21,25)26/h1-9,12,16H,10-11,20H2,(H,22,24)(H2,21,25,26). The molecule has 9 heteroatoms. The van der Waals surface area contributed by atoms with Crippen LogP contribution in [-0.2, 0) is 23.0 Å². The van der Waals surface area contributed by atoms with Gasteiger partial charge in [-0.1, -0.05) is 42.5 Å². The molecule has 0 aliphatic rings. The van der Waals surface area contributed by atoms with E-state index >= 15 is 0 Å². The van der Waals surface area contributed by atoms with Crippen molar-refractivity contribution in [2.24, 2.45) is 10.9 Å². The lowest BCUT2D eigenvalue weighted by Crippen LogP contribution is -2.23. The van der Waals surface area contributed by atoms with Crippen LogP contribution in [0.3, 0.4) is 0 Å². The third-order valence-corrected chi connectivity index (χ3v) is 5.00. The van der Waals surface area contributed by atoms with Crippen molar-refractivity contribution in [3.8, 4) is 0 Å². The molecule has 1 amide bonds. The smallest absolute Gasteiger partial charge is 0.273 e. The van der Waals surface area contributed by atoms with Crippen LogP contribution in [0.15, 0.2) is 70.2 Å². The molecule has 1 heterocycles. The highest BCUT2D eigenvalue weighted by Gasteiger charge is 2.17. The number of carbonyl (C=O) groups is 1. The predicted molar refractivity (Wildman–Crippen MR) is 103 cm³/mol. The molecule has 28 heavy (non-hydrogen) atoms. The van der Waals surface area contributed by atoms with Crippen LogP contribution < -0.4 is 16.2 Å². The van der Waals surface area contributed by atoms with Crippen molar-refractivity contribution in [2.75, 3.05) is 0 Å². The molecule has 0 aliphatic carbocycles. The molecule has 3 aromatic rings. The Morgan fingerprint density at radius 3 is 2.39 bits per heavy atom. The summed E-state index contributed by atoms with van der Waals surface area (Å²) in [6.45, 7) is 0.196. The first kappa shape index (κ1) is 19.7. The second-order valence-corrected chi connectivity index (χ2v) is 7.80. The van der Waals surface area contributed by atoms with Gasteiger partial charge in [-0.15, -0.1) is 0 Å². The molecule has 0 aliphatic heterocycles. The largest absolute Gasteiger partial charge is 0.446 e. The minimum Gasteiger partial charge on any atom is -0.446 e. The van der Waals surface area contributed by atoms with Crippen LogP contribution in [0.4, 0.5) is 0 Å². The number of hydrogen-bond acceptors (Lipinski definition) is 6. The number of carbonyl (C=O) groups excluding carboxylic acids is 1. The highest BCUT2D eigenvalue weighted by Crippen LogP contribution is 2.16. The summed E-state index contributed by atoms with van der Waals surface area (Å²) in [6.07, 6.45) is 1.80. The average Bonchev–Trinajstić information content (AvgIpc) is 3.17. The summed E-state index contributed by atoms with van der Waals surface area (Å²) in [5.74, 6) is -0.135. The van der Waals surface area contributed by atoms with Crippen LogP contribution >= 0.6 is 0 Å². The van der Waals surface area contributed by atoms with Crippen molar-refractivity contribution in [1.82, 2.24) is 10.3 Å². The Balaban J connectivity index is 1.58. The molecule has 1 unspecified atom stereocenters. The van der Waals surface area contributed by atoms with E-state index in [-0.39, 0.29) is 23.0 Å². The Bertz CT molecular complexity index is 1050. The van der Waals surface area contributed by atoms with Crippen LogP contribution in [0.5, 0.6) is 0 Å². The van der Waals surface area contributed by atoms with E-state index in [9.17, 15) is 13.2 Å². The monoisotopic (exact) mass is 400 g/mol. The van der Waals surface area contributed by atoms with Gasteiger partial charge in [0.05, 0.1) is 10.9 Å². The van der Waals surface area contributed by atoms with Crippen molar-refractivity contribution in [2.45, 2.75) is 23.9 Å². The number of hydrogen-bond donors (Lipinski definition) is 3. The molecule has 5 N–H and O–H groups in total. The van der Waals surface area contributed by atoms with Gasteiger partial charge in [0.15, 0.2) is 5.69 Å². The lowest BCUT2D eigenvalue weighted by atomic mass is 10.1. The number of nitrogens with one attached hydrogen (secondary N) is 1. The van der Waals surface area contributed by atoms with E-state index in [1.807, 2.05) is 30.3 Å². The lowest BCUT2D eigenvalue weighted by Gasteiger charge is -2.07. The minimum atomic E-state index is -3.74. The van der Waals surface area contributed by atoms with E-state index < -0.39 is 22.0 Å². The topological polar surface area (TPSA) is 141 Å². The zero-order valence-corrected chi connectivity index (χ0v) is 15.7. The molecule has 0 radical (unpaired) electrons. The average molecular weight is 400 g/mol. The van der Waals surface area contributed by atoms with E-state index in [4.69, 9.17) is 15.3 Å². The predicted octanol–water partition coefficient (Wildman–Crippen LogP) is 1.49. The molecule has 1 aromatic heterocycles. The van der Waals surface area contributed by atoms with Gasteiger partial charge in [0.1, 0.15) is 6.26 Å². The van der Waals surface area contributed by atoms with Gasteiger partial charge >= 0.3 is 0 Å². The van der Waals surface area contributed by atoms with Crippen LogP contribution in [0.1, 0.15) is 33.5 Å². The first-order chi connectivity index (χ1) is 13.3. The Morgan fingerprint density at radius 2 is 1.75 bits per heavy atom. The molecule has 0 bridgehead atoms. The van der Waals surface area contributed by atoms with Crippen molar-refractivity contribution >= 4 is 15.9 Å². The molecule has 8 nitrogen and oxygen atoms in total. The number of aromatic nitrogens is 1. The molecule has 1 atom stereocenters. The second-order valence-electron chi connectivity index (χ2n) is 6.24. The number of oxazole rings is 1. The van der Waals surface area contributed by atoms with E-state index in [1.54, 1.807) is 12.1 Å². The Kier molecular flexibility index (Phi) is 5.88. The summed E-state index contributed by atoms with van der Waals surface area (Å²) >= 11 is 0. The first-order valence-electron chi connectivity index (χ1n) is 8.48.